The smallest absolute Gasteiger partial charge is 0.255 e. The Morgan fingerprint density at radius 1 is 1.19 bits per heavy atom. The van der Waals surface area contributed by atoms with Gasteiger partial charge in [-0.3, -0.25) is 4.79 Å². The Balaban J connectivity index is 1.81. The highest BCUT2D eigenvalue weighted by Gasteiger charge is 2.38. The molecule has 2 heterocycles. The van der Waals surface area contributed by atoms with Gasteiger partial charge >= 0.3 is 0 Å². The third-order valence-electron chi connectivity index (χ3n) is 5.27. The van der Waals surface area contributed by atoms with E-state index >= 15 is 0 Å². The van der Waals surface area contributed by atoms with Crippen LogP contribution in [0, 0.1) is 12.8 Å². The lowest BCUT2D eigenvalue weighted by molar-refractivity contribution is -0.00129. The maximum atomic E-state index is 12.9. The fourth-order valence-electron chi connectivity index (χ4n) is 4.07. The summed E-state index contributed by atoms with van der Waals surface area (Å²) in [5.41, 5.74) is 1.79. The van der Waals surface area contributed by atoms with Gasteiger partial charge in [0.05, 0.1) is 11.7 Å². The zero-order chi connectivity index (χ0) is 14.8. The fourth-order valence-corrected chi connectivity index (χ4v) is 4.07. The van der Waals surface area contributed by atoms with Crippen LogP contribution in [-0.4, -0.2) is 39.6 Å². The second kappa shape index (κ2) is 6.22. The van der Waals surface area contributed by atoms with E-state index in [1.54, 1.807) is 6.20 Å². The molecule has 1 aliphatic carbocycles. The molecule has 1 aromatic heterocycles. The zero-order valence-electron chi connectivity index (χ0n) is 12.8. The first-order chi connectivity index (χ1) is 10.2. The number of hydrogen-bond donors (Lipinski definition) is 2. The van der Waals surface area contributed by atoms with Crippen LogP contribution < -0.4 is 0 Å². The van der Waals surface area contributed by atoms with E-state index in [-0.39, 0.29) is 24.0 Å². The highest BCUT2D eigenvalue weighted by molar-refractivity contribution is 5.95. The van der Waals surface area contributed by atoms with E-state index in [2.05, 4.69) is 4.98 Å². The van der Waals surface area contributed by atoms with Crippen molar-refractivity contribution in [1.29, 1.82) is 0 Å². The van der Waals surface area contributed by atoms with Gasteiger partial charge in [0.25, 0.3) is 5.91 Å². The van der Waals surface area contributed by atoms with Gasteiger partial charge in [0.2, 0.25) is 0 Å². The number of likely N-dealkylation sites (tertiary alicyclic amines) is 1. The van der Waals surface area contributed by atoms with Gasteiger partial charge in [0.15, 0.2) is 0 Å². The molecule has 1 saturated carbocycles. The monoisotopic (exact) mass is 290 g/mol. The summed E-state index contributed by atoms with van der Waals surface area (Å²) in [6.45, 7) is 2.80. The minimum absolute atomic E-state index is 0.135. The molecule has 116 valence electrons. The molecule has 0 radical (unpaired) electrons. The van der Waals surface area contributed by atoms with Gasteiger partial charge in [-0.25, -0.2) is 0 Å². The van der Waals surface area contributed by atoms with Gasteiger partial charge in [0, 0.05) is 30.9 Å². The van der Waals surface area contributed by atoms with E-state index in [1.165, 1.54) is 12.8 Å². The van der Waals surface area contributed by atoms with Crippen molar-refractivity contribution in [2.24, 2.45) is 5.92 Å². The van der Waals surface area contributed by atoms with E-state index in [1.807, 2.05) is 18.0 Å². The zero-order valence-corrected chi connectivity index (χ0v) is 12.8. The van der Waals surface area contributed by atoms with E-state index < -0.39 is 0 Å². The lowest BCUT2D eigenvalue weighted by Crippen LogP contribution is -2.51. The van der Waals surface area contributed by atoms with E-state index in [4.69, 9.17) is 0 Å². The molecule has 2 fully saturated rings. The van der Waals surface area contributed by atoms with Crippen molar-refractivity contribution in [1.82, 2.24) is 9.88 Å². The SMILES string of the molecule is Cc1c[nH]cc1C(=O)N1CCCC[C@@H]1[C@@H]1CCCC[C@H]1O. The summed E-state index contributed by atoms with van der Waals surface area (Å²) in [5, 5.41) is 10.4. The Kier molecular flexibility index (Phi) is 4.34. The van der Waals surface area contributed by atoms with Gasteiger partial charge < -0.3 is 15.0 Å². The highest BCUT2D eigenvalue weighted by atomic mass is 16.3. The van der Waals surface area contributed by atoms with Crippen LogP contribution in [0.1, 0.15) is 60.9 Å². The molecule has 1 aliphatic heterocycles. The normalized spacial score (nSPS) is 30.4. The van der Waals surface area contributed by atoms with E-state index in [0.717, 1.165) is 49.8 Å². The fraction of sp³-hybridized carbons (Fsp3) is 0.706. The van der Waals surface area contributed by atoms with Crippen molar-refractivity contribution < 1.29 is 9.90 Å². The number of H-pyrrole nitrogens is 1. The Labute approximate surface area is 126 Å². The molecule has 2 aliphatic rings. The summed E-state index contributed by atoms with van der Waals surface area (Å²) in [4.78, 5) is 17.9. The lowest BCUT2D eigenvalue weighted by atomic mass is 9.78. The number of rotatable bonds is 2. The summed E-state index contributed by atoms with van der Waals surface area (Å²) in [7, 11) is 0. The van der Waals surface area contributed by atoms with Crippen LogP contribution in [0.25, 0.3) is 0 Å². The number of aryl methyl sites for hydroxylation is 1. The highest BCUT2D eigenvalue weighted by Crippen LogP contribution is 2.34. The molecule has 0 unspecified atom stereocenters. The molecular weight excluding hydrogens is 264 g/mol. The summed E-state index contributed by atoms with van der Waals surface area (Å²) in [6.07, 6.45) is 11.0. The van der Waals surface area contributed by atoms with Gasteiger partial charge in [-0.1, -0.05) is 12.8 Å². The average Bonchev–Trinajstić information content (AvgIpc) is 2.93. The van der Waals surface area contributed by atoms with Crippen molar-refractivity contribution in [2.45, 2.75) is 64.0 Å². The van der Waals surface area contributed by atoms with E-state index in [0.29, 0.717) is 0 Å². The summed E-state index contributed by atoms with van der Waals surface area (Å²) in [5.74, 6) is 0.401. The first kappa shape index (κ1) is 14.6. The molecule has 1 aromatic rings. The largest absolute Gasteiger partial charge is 0.393 e. The quantitative estimate of drug-likeness (QED) is 0.880. The molecule has 4 nitrogen and oxygen atoms in total. The summed E-state index contributed by atoms with van der Waals surface area (Å²) >= 11 is 0. The number of amides is 1. The number of nitrogens with zero attached hydrogens (tertiary/aromatic N) is 1. The predicted octanol–water partition coefficient (Wildman–Crippen LogP) is 2.87. The molecule has 4 heteroatoms. The number of carbonyl (C=O) groups excluding carboxylic acids is 1. The maximum Gasteiger partial charge on any atom is 0.255 e. The topological polar surface area (TPSA) is 56.3 Å². The molecule has 3 rings (SSSR count). The third kappa shape index (κ3) is 2.86. The number of aliphatic hydroxyl groups is 1. The first-order valence-corrected chi connectivity index (χ1v) is 8.31. The van der Waals surface area contributed by atoms with Crippen molar-refractivity contribution in [3.63, 3.8) is 0 Å². The molecule has 3 atom stereocenters. The molecule has 0 spiro atoms. The van der Waals surface area contributed by atoms with Crippen molar-refractivity contribution in [2.75, 3.05) is 6.54 Å². The molecule has 1 amide bonds. The molecule has 2 N–H and O–H groups in total. The Bertz CT molecular complexity index is 497. The van der Waals surface area contributed by atoms with Crippen molar-refractivity contribution in [3.8, 4) is 0 Å². The standard InChI is InChI=1S/C17H26N2O2/c1-12-10-18-11-14(12)17(21)19-9-5-4-7-15(19)13-6-2-3-8-16(13)20/h10-11,13,15-16,18,20H,2-9H2,1H3/t13-,15+,16+/m0/s1. The second-order valence-electron chi connectivity index (χ2n) is 6.63. The maximum absolute atomic E-state index is 12.9. The van der Waals surface area contributed by atoms with Crippen LogP contribution in [0.4, 0.5) is 0 Å². The number of aromatic amines is 1. The first-order valence-electron chi connectivity index (χ1n) is 8.31. The van der Waals surface area contributed by atoms with Crippen LogP contribution in [0.3, 0.4) is 0 Å². The van der Waals surface area contributed by atoms with Gasteiger partial charge in [0.1, 0.15) is 0 Å². The van der Waals surface area contributed by atoms with Crippen LogP contribution in [0.2, 0.25) is 0 Å². The lowest BCUT2D eigenvalue weighted by Gasteiger charge is -2.43. The molecule has 0 aromatic carbocycles. The number of hydrogen-bond acceptors (Lipinski definition) is 2. The van der Waals surface area contributed by atoms with E-state index in [9.17, 15) is 9.90 Å². The van der Waals surface area contributed by atoms with Crippen molar-refractivity contribution in [3.05, 3.63) is 23.5 Å². The molecular formula is C17H26N2O2. The Hall–Kier alpha value is -1.29. The molecule has 1 saturated heterocycles. The minimum Gasteiger partial charge on any atom is -0.393 e. The predicted molar refractivity (Wildman–Crippen MR) is 82.2 cm³/mol. The third-order valence-corrected chi connectivity index (χ3v) is 5.27. The number of piperidine rings is 1. The number of aliphatic hydroxyl groups excluding tert-OH is 1. The number of nitrogens with one attached hydrogen (secondary N) is 1. The molecule has 0 bridgehead atoms. The number of carbonyl (C=O) groups is 1. The summed E-state index contributed by atoms with van der Waals surface area (Å²) in [6, 6.07) is 0.218. The second-order valence-corrected chi connectivity index (χ2v) is 6.63. The summed E-state index contributed by atoms with van der Waals surface area (Å²) < 4.78 is 0. The van der Waals surface area contributed by atoms with Crippen LogP contribution in [0.5, 0.6) is 0 Å². The molecule has 21 heavy (non-hydrogen) atoms. The van der Waals surface area contributed by atoms with Gasteiger partial charge in [-0.2, -0.15) is 0 Å². The van der Waals surface area contributed by atoms with Crippen molar-refractivity contribution >= 4 is 5.91 Å². The minimum atomic E-state index is -0.232. The Morgan fingerprint density at radius 2 is 1.95 bits per heavy atom. The van der Waals surface area contributed by atoms with Crippen LogP contribution in [0.15, 0.2) is 12.4 Å². The van der Waals surface area contributed by atoms with Gasteiger partial charge in [-0.15, -0.1) is 0 Å². The van der Waals surface area contributed by atoms with Gasteiger partial charge in [-0.05, 0) is 44.6 Å². The Morgan fingerprint density at radius 3 is 2.67 bits per heavy atom. The van der Waals surface area contributed by atoms with Crippen LogP contribution >= 0.6 is 0 Å². The van der Waals surface area contributed by atoms with Crippen LogP contribution in [-0.2, 0) is 0 Å². The number of aromatic nitrogens is 1. The average molecular weight is 290 g/mol.